The summed E-state index contributed by atoms with van der Waals surface area (Å²) >= 11 is 0. The molecule has 0 aliphatic heterocycles. The summed E-state index contributed by atoms with van der Waals surface area (Å²) in [4.78, 5) is 11.0. The summed E-state index contributed by atoms with van der Waals surface area (Å²) in [5.74, 6) is -1.71. The molecule has 3 N–H and O–H groups in total. The zero-order chi connectivity index (χ0) is 11.4. The molecule has 0 amide bonds. The van der Waals surface area contributed by atoms with Crippen LogP contribution < -0.4 is 5.73 Å². The molecule has 0 aliphatic carbocycles. The molecule has 4 nitrogen and oxygen atoms in total. The van der Waals surface area contributed by atoms with Crippen molar-refractivity contribution < 1.29 is 19.0 Å². The molecule has 0 spiro atoms. The van der Waals surface area contributed by atoms with Crippen molar-refractivity contribution in [3.05, 3.63) is 29.6 Å². The van der Waals surface area contributed by atoms with E-state index in [4.69, 9.17) is 10.8 Å². The van der Waals surface area contributed by atoms with Gasteiger partial charge < -0.3 is 15.6 Å². The Hall–Kier alpha value is -1.62. The van der Waals surface area contributed by atoms with E-state index < -0.39 is 23.6 Å². The predicted molar refractivity (Wildman–Crippen MR) is 51.8 cm³/mol. The third-order valence-corrected chi connectivity index (χ3v) is 1.97. The molecule has 1 aromatic carbocycles. The van der Waals surface area contributed by atoms with Crippen LogP contribution in [0.4, 0.5) is 4.39 Å². The second-order valence-electron chi connectivity index (χ2n) is 3.12. The van der Waals surface area contributed by atoms with Gasteiger partial charge >= 0.3 is 5.97 Å². The van der Waals surface area contributed by atoms with E-state index >= 15 is 0 Å². The van der Waals surface area contributed by atoms with Crippen molar-refractivity contribution in [2.45, 2.75) is 12.5 Å². The fourth-order valence-electron chi connectivity index (χ4n) is 1.17. The second-order valence-corrected chi connectivity index (χ2v) is 3.12. The lowest BCUT2D eigenvalue weighted by molar-refractivity contribution is -0.142. The molecule has 0 unspecified atom stereocenters. The Balaban J connectivity index is 2.73. The van der Waals surface area contributed by atoms with E-state index in [-0.39, 0.29) is 6.42 Å². The van der Waals surface area contributed by atoms with Gasteiger partial charge in [-0.05, 0) is 24.1 Å². The smallest absolute Gasteiger partial charge is 0.322 e. The van der Waals surface area contributed by atoms with E-state index in [1.165, 1.54) is 19.2 Å². The number of methoxy groups -OCH3 is 1. The number of ether oxygens (including phenoxy) is 1. The molecule has 0 saturated heterocycles. The minimum atomic E-state index is -0.820. The normalized spacial score (nSPS) is 12.2. The molecule has 0 radical (unpaired) electrons. The number of phenolic OH excluding ortho intramolecular Hbond substituents is 1. The Morgan fingerprint density at radius 1 is 1.67 bits per heavy atom. The number of benzene rings is 1. The molecule has 0 saturated carbocycles. The number of nitrogens with two attached hydrogens (primary N) is 1. The minimum absolute atomic E-state index is 0.171. The first-order valence-corrected chi connectivity index (χ1v) is 4.35. The van der Waals surface area contributed by atoms with Gasteiger partial charge in [0.25, 0.3) is 0 Å². The Kier molecular flexibility index (Phi) is 3.62. The van der Waals surface area contributed by atoms with Crippen molar-refractivity contribution in [3.63, 3.8) is 0 Å². The van der Waals surface area contributed by atoms with Gasteiger partial charge in [0.2, 0.25) is 0 Å². The highest BCUT2D eigenvalue weighted by molar-refractivity contribution is 5.75. The number of esters is 1. The molecular weight excluding hydrogens is 201 g/mol. The number of hydrogen-bond donors (Lipinski definition) is 2. The first-order chi connectivity index (χ1) is 7.04. The highest BCUT2D eigenvalue weighted by Crippen LogP contribution is 2.16. The van der Waals surface area contributed by atoms with E-state index in [1.807, 2.05) is 0 Å². The van der Waals surface area contributed by atoms with Gasteiger partial charge in [0, 0.05) is 0 Å². The predicted octanol–water partition coefficient (Wildman–Crippen LogP) is 0.574. The number of phenols is 1. The molecule has 1 aromatic rings. The average Bonchev–Trinajstić information content (AvgIpc) is 2.22. The van der Waals surface area contributed by atoms with E-state index in [9.17, 15) is 9.18 Å². The van der Waals surface area contributed by atoms with E-state index in [2.05, 4.69) is 4.74 Å². The fraction of sp³-hybridized carbons (Fsp3) is 0.300. The first kappa shape index (κ1) is 11.5. The van der Waals surface area contributed by atoms with Crippen molar-refractivity contribution in [2.75, 3.05) is 7.11 Å². The van der Waals surface area contributed by atoms with Gasteiger partial charge in [-0.3, -0.25) is 4.79 Å². The molecule has 15 heavy (non-hydrogen) atoms. The summed E-state index contributed by atoms with van der Waals surface area (Å²) in [5, 5.41) is 8.94. The van der Waals surface area contributed by atoms with Gasteiger partial charge in [-0.25, -0.2) is 4.39 Å². The molecule has 1 rings (SSSR count). The number of carbonyl (C=O) groups excluding carboxylic acids is 1. The summed E-state index contributed by atoms with van der Waals surface area (Å²) in [5.41, 5.74) is 6.02. The SMILES string of the molecule is COC(=O)[C@H](N)Cc1ccc(O)c(F)c1. The third-order valence-electron chi connectivity index (χ3n) is 1.97. The van der Waals surface area contributed by atoms with Crippen molar-refractivity contribution in [1.82, 2.24) is 0 Å². The van der Waals surface area contributed by atoms with Crippen LogP contribution in [0.1, 0.15) is 5.56 Å². The maximum Gasteiger partial charge on any atom is 0.322 e. The van der Waals surface area contributed by atoms with Gasteiger partial charge in [0.05, 0.1) is 7.11 Å². The number of hydrogen-bond acceptors (Lipinski definition) is 4. The van der Waals surface area contributed by atoms with Gasteiger partial charge in [0.1, 0.15) is 6.04 Å². The molecule has 0 aliphatic rings. The largest absolute Gasteiger partial charge is 0.505 e. The van der Waals surface area contributed by atoms with E-state index in [0.29, 0.717) is 5.56 Å². The minimum Gasteiger partial charge on any atom is -0.505 e. The van der Waals surface area contributed by atoms with Crippen LogP contribution in [0.2, 0.25) is 0 Å². The number of halogens is 1. The quantitative estimate of drug-likeness (QED) is 0.720. The van der Waals surface area contributed by atoms with Gasteiger partial charge in [-0.1, -0.05) is 6.07 Å². The second kappa shape index (κ2) is 4.75. The molecule has 0 aromatic heterocycles. The van der Waals surface area contributed by atoms with Crippen molar-refractivity contribution in [1.29, 1.82) is 0 Å². The summed E-state index contributed by atoms with van der Waals surface area (Å²) in [6.07, 6.45) is 0.171. The molecule has 0 bridgehead atoms. The van der Waals surface area contributed by atoms with Crippen LogP contribution in [0.5, 0.6) is 5.75 Å². The Morgan fingerprint density at radius 3 is 2.87 bits per heavy atom. The van der Waals surface area contributed by atoms with Gasteiger partial charge in [0.15, 0.2) is 11.6 Å². The summed E-state index contributed by atoms with van der Waals surface area (Å²) in [7, 11) is 1.24. The van der Waals surface area contributed by atoms with E-state index in [0.717, 1.165) is 6.07 Å². The lowest BCUT2D eigenvalue weighted by Crippen LogP contribution is -2.33. The van der Waals surface area contributed by atoms with Gasteiger partial charge in [-0.15, -0.1) is 0 Å². The average molecular weight is 213 g/mol. The highest BCUT2D eigenvalue weighted by Gasteiger charge is 2.14. The lowest BCUT2D eigenvalue weighted by Gasteiger charge is -2.09. The molecule has 1 atom stereocenters. The van der Waals surface area contributed by atoms with E-state index in [1.54, 1.807) is 0 Å². The summed E-state index contributed by atoms with van der Waals surface area (Å²) in [6.45, 7) is 0. The maximum atomic E-state index is 12.9. The van der Waals surface area contributed by atoms with Gasteiger partial charge in [-0.2, -0.15) is 0 Å². The summed E-state index contributed by atoms with van der Waals surface area (Å²) < 4.78 is 17.3. The van der Waals surface area contributed by atoms with Crippen LogP contribution in [0.15, 0.2) is 18.2 Å². The Labute approximate surface area is 86.5 Å². The fourth-order valence-corrected chi connectivity index (χ4v) is 1.17. The van der Waals surface area contributed by atoms with Crippen LogP contribution in [0.3, 0.4) is 0 Å². The zero-order valence-electron chi connectivity index (χ0n) is 8.24. The van der Waals surface area contributed by atoms with Crippen LogP contribution >= 0.6 is 0 Å². The van der Waals surface area contributed by atoms with Crippen LogP contribution in [-0.2, 0) is 16.0 Å². The van der Waals surface area contributed by atoms with Crippen molar-refractivity contribution >= 4 is 5.97 Å². The van der Waals surface area contributed by atoms with Crippen LogP contribution in [-0.4, -0.2) is 24.2 Å². The zero-order valence-corrected chi connectivity index (χ0v) is 8.24. The van der Waals surface area contributed by atoms with Crippen LogP contribution in [0, 0.1) is 5.82 Å². The first-order valence-electron chi connectivity index (χ1n) is 4.35. The molecule has 82 valence electrons. The molecule has 5 heteroatoms. The molecule has 0 heterocycles. The topological polar surface area (TPSA) is 72.5 Å². The highest BCUT2D eigenvalue weighted by atomic mass is 19.1. The summed E-state index contributed by atoms with van der Waals surface area (Å²) in [6, 6.07) is 3.03. The van der Waals surface area contributed by atoms with Crippen LogP contribution in [0.25, 0.3) is 0 Å². The standard InChI is InChI=1S/C10H12FNO3/c1-15-10(14)8(12)5-6-2-3-9(13)7(11)4-6/h2-4,8,13H,5,12H2,1H3/t8-/m1/s1. The molecular formula is C10H12FNO3. The lowest BCUT2D eigenvalue weighted by atomic mass is 10.1. The molecule has 0 fully saturated rings. The monoisotopic (exact) mass is 213 g/mol. The Bertz CT molecular complexity index is 368. The van der Waals surface area contributed by atoms with Crippen molar-refractivity contribution in [2.24, 2.45) is 5.73 Å². The maximum absolute atomic E-state index is 12.9. The number of rotatable bonds is 3. The Morgan fingerprint density at radius 2 is 2.33 bits per heavy atom. The number of carbonyl (C=O) groups is 1. The third kappa shape index (κ3) is 2.92. The number of aromatic hydroxyl groups is 1. The van der Waals surface area contributed by atoms with Crippen molar-refractivity contribution in [3.8, 4) is 5.75 Å².